The normalized spacial score (nSPS) is 15.3. The average molecular weight is 461 g/mol. The third-order valence-electron chi connectivity index (χ3n) is 5.81. The minimum Gasteiger partial charge on any atom is -0.340 e. The lowest BCUT2D eigenvalue weighted by Gasteiger charge is -2.42. The lowest BCUT2D eigenvalue weighted by atomic mass is 9.99. The van der Waals surface area contributed by atoms with Crippen molar-refractivity contribution in [3.8, 4) is 11.3 Å². The maximum atomic E-state index is 13.4. The van der Waals surface area contributed by atoms with Crippen LogP contribution in [0.1, 0.15) is 25.2 Å². The van der Waals surface area contributed by atoms with E-state index in [1.54, 1.807) is 17.0 Å². The highest BCUT2D eigenvalue weighted by Crippen LogP contribution is 2.40. The summed E-state index contributed by atoms with van der Waals surface area (Å²) >= 11 is 0. The third-order valence-corrected chi connectivity index (χ3v) is 5.81. The fourth-order valence-electron chi connectivity index (χ4n) is 4.10. The maximum Gasteiger partial charge on any atom is 0.416 e. The van der Waals surface area contributed by atoms with Crippen molar-refractivity contribution in [1.82, 2.24) is 14.5 Å². The summed E-state index contributed by atoms with van der Waals surface area (Å²) in [7, 11) is 0. The van der Waals surface area contributed by atoms with Crippen LogP contribution in [0, 0.1) is 5.82 Å². The van der Waals surface area contributed by atoms with Crippen molar-refractivity contribution in [3.05, 3.63) is 65.7 Å². The fourth-order valence-corrected chi connectivity index (χ4v) is 4.10. The number of hydrogen-bond acceptors (Lipinski definition) is 4. The molecule has 2 heterocycles. The van der Waals surface area contributed by atoms with E-state index >= 15 is 0 Å². The summed E-state index contributed by atoms with van der Waals surface area (Å²) in [5.41, 5.74) is 5.50. The summed E-state index contributed by atoms with van der Waals surface area (Å²) in [6, 6.07) is 10.5. The molecule has 0 saturated carbocycles. The zero-order valence-corrected chi connectivity index (χ0v) is 18.1. The SMILES string of the molecule is CC1(C)c2nc(-c3ccc(C(F)(F)F)cc3)c(Nc3ccc(F)cc3)n2CCN1C(=O)CN. The van der Waals surface area contributed by atoms with E-state index in [2.05, 4.69) is 5.32 Å². The lowest BCUT2D eigenvalue weighted by Crippen LogP contribution is -2.53. The largest absolute Gasteiger partial charge is 0.416 e. The van der Waals surface area contributed by atoms with Gasteiger partial charge in [0.15, 0.2) is 0 Å². The number of nitrogens with one attached hydrogen (secondary N) is 1. The van der Waals surface area contributed by atoms with Gasteiger partial charge in [-0.3, -0.25) is 4.79 Å². The molecule has 3 N–H and O–H groups in total. The van der Waals surface area contributed by atoms with E-state index in [9.17, 15) is 22.4 Å². The van der Waals surface area contributed by atoms with Gasteiger partial charge in [-0.05, 0) is 50.2 Å². The number of halogens is 4. The first-order valence-electron chi connectivity index (χ1n) is 10.3. The van der Waals surface area contributed by atoms with Gasteiger partial charge in [-0.15, -0.1) is 0 Å². The Bertz CT molecular complexity index is 1170. The van der Waals surface area contributed by atoms with E-state index in [0.717, 1.165) is 12.1 Å². The Hall–Kier alpha value is -3.40. The number of anilines is 2. The number of carbonyl (C=O) groups excluding carboxylic acids is 1. The number of aromatic nitrogens is 2. The molecule has 33 heavy (non-hydrogen) atoms. The molecule has 0 atom stereocenters. The predicted octanol–water partition coefficient (Wildman–Crippen LogP) is 4.49. The van der Waals surface area contributed by atoms with Crippen molar-refractivity contribution in [1.29, 1.82) is 0 Å². The number of imidazole rings is 1. The molecule has 0 unspecified atom stereocenters. The summed E-state index contributed by atoms with van der Waals surface area (Å²) in [6.07, 6.45) is -4.45. The smallest absolute Gasteiger partial charge is 0.340 e. The van der Waals surface area contributed by atoms with Gasteiger partial charge in [-0.1, -0.05) is 12.1 Å². The van der Waals surface area contributed by atoms with Gasteiger partial charge in [0.25, 0.3) is 0 Å². The van der Waals surface area contributed by atoms with Crippen molar-refractivity contribution in [3.63, 3.8) is 0 Å². The highest BCUT2D eigenvalue weighted by atomic mass is 19.4. The van der Waals surface area contributed by atoms with Gasteiger partial charge in [-0.25, -0.2) is 9.37 Å². The number of nitrogens with two attached hydrogens (primary N) is 1. The van der Waals surface area contributed by atoms with Gasteiger partial charge in [0.2, 0.25) is 5.91 Å². The van der Waals surface area contributed by atoms with Crippen LogP contribution in [0.5, 0.6) is 0 Å². The molecule has 1 aliphatic rings. The monoisotopic (exact) mass is 461 g/mol. The number of amides is 1. The fraction of sp³-hybridized carbons (Fsp3) is 0.304. The van der Waals surface area contributed by atoms with Crippen LogP contribution in [0.15, 0.2) is 48.5 Å². The first-order chi connectivity index (χ1) is 15.5. The Balaban J connectivity index is 1.84. The van der Waals surface area contributed by atoms with Crippen LogP contribution in [0.2, 0.25) is 0 Å². The Morgan fingerprint density at radius 1 is 1.09 bits per heavy atom. The standard InChI is InChI=1S/C23H23F4N5O/c1-22(2)21-30-19(14-3-5-15(6-4-14)23(25,26)27)20(29-17-9-7-16(24)8-10-17)31(21)11-12-32(22)18(33)13-28/h3-10,29H,11-13,28H2,1-2H3. The second-order valence-electron chi connectivity index (χ2n) is 8.30. The molecule has 3 aromatic rings. The molecule has 0 bridgehead atoms. The van der Waals surface area contributed by atoms with Gasteiger partial charge < -0.3 is 20.5 Å². The molecule has 0 aliphatic carbocycles. The van der Waals surface area contributed by atoms with E-state index in [-0.39, 0.29) is 12.5 Å². The van der Waals surface area contributed by atoms with Crippen molar-refractivity contribution in [2.45, 2.75) is 32.1 Å². The molecule has 174 valence electrons. The van der Waals surface area contributed by atoms with E-state index in [1.165, 1.54) is 24.3 Å². The van der Waals surface area contributed by atoms with Crippen LogP contribution in [0.3, 0.4) is 0 Å². The molecule has 0 spiro atoms. The van der Waals surface area contributed by atoms with Crippen LogP contribution in [-0.2, 0) is 23.1 Å². The van der Waals surface area contributed by atoms with Crippen molar-refractivity contribution < 1.29 is 22.4 Å². The molecule has 6 nitrogen and oxygen atoms in total. The molecule has 10 heteroatoms. The first-order valence-corrected chi connectivity index (χ1v) is 10.3. The Labute approximate surface area is 188 Å². The highest BCUT2D eigenvalue weighted by molar-refractivity contribution is 5.80. The van der Waals surface area contributed by atoms with Crippen LogP contribution in [0.4, 0.5) is 29.1 Å². The van der Waals surface area contributed by atoms with E-state index in [0.29, 0.717) is 41.7 Å². The van der Waals surface area contributed by atoms with Gasteiger partial charge in [0, 0.05) is 24.3 Å². The topological polar surface area (TPSA) is 76.2 Å². The minimum absolute atomic E-state index is 0.142. The first kappa shape index (κ1) is 22.8. The number of rotatable bonds is 4. The van der Waals surface area contributed by atoms with Gasteiger partial charge in [0.1, 0.15) is 23.2 Å². The Morgan fingerprint density at radius 2 is 1.73 bits per heavy atom. The van der Waals surface area contributed by atoms with Crippen LogP contribution in [0.25, 0.3) is 11.3 Å². The molecule has 0 saturated heterocycles. The summed E-state index contributed by atoms with van der Waals surface area (Å²) in [5.74, 6) is 0.494. The molecule has 0 fully saturated rings. The number of carbonyl (C=O) groups is 1. The van der Waals surface area contributed by atoms with Crippen LogP contribution in [-0.4, -0.2) is 33.4 Å². The molecule has 4 rings (SSSR count). The third kappa shape index (κ3) is 4.18. The lowest BCUT2D eigenvalue weighted by molar-refractivity contribution is -0.138. The summed E-state index contributed by atoms with van der Waals surface area (Å²) in [6.45, 7) is 4.34. The number of nitrogens with zero attached hydrogens (tertiary/aromatic N) is 3. The Morgan fingerprint density at radius 3 is 2.30 bits per heavy atom. The predicted molar refractivity (Wildman–Crippen MR) is 116 cm³/mol. The number of alkyl halides is 3. The second kappa shape index (κ2) is 8.18. The van der Waals surface area contributed by atoms with Gasteiger partial charge in [-0.2, -0.15) is 13.2 Å². The Kier molecular flexibility index (Phi) is 5.65. The zero-order chi connectivity index (χ0) is 24.0. The van der Waals surface area contributed by atoms with Crippen molar-refractivity contribution in [2.75, 3.05) is 18.4 Å². The summed E-state index contributed by atoms with van der Waals surface area (Å²) < 4.78 is 54.4. The molecule has 1 aromatic heterocycles. The second-order valence-corrected chi connectivity index (χ2v) is 8.30. The van der Waals surface area contributed by atoms with Crippen molar-refractivity contribution in [2.24, 2.45) is 5.73 Å². The molecule has 1 amide bonds. The zero-order valence-electron chi connectivity index (χ0n) is 18.1. The summed E-state index contributed by atoms with van der Waals surface area (Å²) in [4.78, 5) is 18.8. The number of hydrogen-bond donors (Lipinski definition) is 2. The minimum atomic E-state index is -4.45. The average Bonchev–Trinajstić information content (AvgIpc) is 3.14. The van der Waals surface area contributed by atoms with Gasteiger partial charge >= 0.3 is 6.18 Å². The molecule has 2 aromatic carbocycles. The van der Waals surface area contributed by atoms with Gasteiger partial charge in [0.05, 0.1) is 17.6 Å². The molecular weight excluding hydrogens is 438 g/mol. The van der Waals surface area contributed by atoms with Crippen LogP contribution >= 0.6 is 0 Å². The number of benzene rings is 2. The van der Waals surface area contributed by atoms with E-state index < -0.39 is 23.1 Å². The molecule has 0 radical (unpaired) electrons. The highest BCUT2D eigenvalue weighted by Gasteiger charge is 2.41. The molecular formula is C23H23F4N5O. The van der Waals surface area contributed by atoms with Crippen LogP contribution < -0.4 is 11.1 Å². The number of fused-ring (bicyclic) bond motifs is 1. The van der Waals surface area contributed by atoms with E-state index in [4.69, 9.17) is 10.7 Å². The molecule has 1 aliphatic heterocycles. The van der Waals surface area contributed by atoms with Crippen molar-refractivity contribution >= 4 is 17.4 Å². The van der Waals surface area contributed by atoms with E-state index in [1.807, 2.05) is 18.4 Å². The quantitative estimate of drug-likeness (QED) is 0.562. The summed E-state index contributed by atoms with van der Waals surface area (Å²) in [5, 5.41) is 3.23. The maximum absolute atomic E-state index is 13.4.